The number of rotatable bonds is 6. The van der Waals surface area contributed by atoms with E-state index in [0.29, 0.717) is 55.3 Å². The van der Waals surface area contributed by atoms with Crippen molar-refractivity contribution in [2.45, 2.75) is 19.9 Å². The molecule has 1 amide bonds. The first-order chi connectivity index (χ1) is 17.5. The molecule has 0 saturated carbocycles. The Morgan fingerprint density at radius 3 is 2.58 bits per heavy atom. The van der Waals surface area contributed by atoms with Crippen molar-refractivity contribution in [3.05, 3.63) is 59.5 Å². The minimum Gasteiger partial charge on any atom is -0.493 e. The number of aromatic nitrogens is 2. The zero-order chi connectivity index (χ0) is 25.1. The highest BCUT2D eigenvalue weighted by atomic mass is 16.6. The number of ether oxygens (including phenoxy) is 3. The van der Waals surface area contributed by atoms with E-state index in [-0.39, 0.29) is 11.9 Å². The summed E-state index contributed by atoms with van der Waals surface area (Å²) in [5.41, 5.74) is 2.93. The van der Waals surface area contributed by atoms with Gasteiger partial charge in [0.15, 0.2) is 11.5 Å². The van der Waals surface area contributed by atoms with Crippen molar-refractivity contribution in [1.29, 1.82) is 0 Å². The number of nitrogens with zero attached hydrogens (tertiary/aromatic N) is 4. The van der Waals surface area contributed by atoms with Crippen molar-refractivity contribution >= 4 is 12.0 Å². The average Bonchev–Trinajstić information content (AvgIpc) is 3.41. The summed E-state index contributed by atoms with van der Waals surface area (Å²) in [4.78, 5) is 21.5. The van der Waals surface area contributed by atoms with Gasteiger partial charge >= 0.3 is 0 Å². The Balaban J connectivity index is 1.18. The number of aryl methyl sites for hydroxylation is 1. The fourth-order valence-electron chi connectivity index (χ4n) is 4.37. The highest BCUT2D eigenvalue weighted by Crippen LogP contribution is 2.40. The van der Waals surface area contributed by atoms with Gasteiger partial charge in [-0.3, -0.25) is 9.69 Å². The Hall–Kier alpha value is -3.85. The second-order valence-corrected chi connectivity index (χ2v) is 8.94. The summed E-state index contributed by atoms with van der Waals surface area (Å²) >= 11 is 0. The molecule has 36 heavy (non-hydrogen) atoms. The van der Waals surface area contributed by atoms with Gasteiger partial charge in [-0.15, -0.1) is 0 Å². The van der Waals surface area contributed by atoms with Crippen LogP contribution in [0.5, 0.6) is 17.2 Å². The van der Waals surface area contributed by atoms with Gasteiger partial charge in [-0.2, -0.15) is 4.98 Å². The second kappa shape index (κ2) is 10.4. The van der Waals surface area contributed by atoms with Crippen LogP contribution in [-0.2, 0) is 4.79 Å². The Kier molecular flexibility index (Phi) is 6.90. The third-order valence-electron chi connectivity index (χ3n) is 6.55. The third-order valence-corrected chi connectivity index (χ3v) is 6.55. The maximum Gasteiger partial charge on any atom is 0.246 e. The fourth-order valence-corrected chi connectivity index (χ4v) is 4.37. The molecule has 188 valence electrons. The zero-order valence-electron chi connectivity index (χ0n) is 20.8. The van der Waals surface area contributed by atoms with E-state index in [4.69, 9.17) is 18.7 Å². The molecule has 3 aromatic rings. The smallest absolute Gasteiger partial charge is 0.246 e. The van der Waals surface area contributed by atoms with Gasteiger partial charge in [-0.25, -0.2) is 0 Å². The second-order valence-electron chi connectivity index (χ2n) is 8.94. The van der Waals surface area contributed by atoms with Crippen LogP contribution in [0, 0.1) is 6.92 Å². The predicted octanol–water partition coefficient (Wildman–Crippen LogP) is 3.74. The Morgan fingerprint density at radius 2 is 1.83 bits per heavy atom. The number of fused-ring (bicyclic) bond motifs is 1. The highest BCUT2D eigenvalue weighted by Gasteiger charge is 2.27. The van der Waals surface area contributed by atoms with Crippen LogP contribution in [0.4, 0.5) is 0 Å². The number of piperazine rings is 1. The van der Waals surface area contributed by atoms with Crippen LogP contribution < -0.4 is 14.2 Å². The molecule has 0 bridgehead atoms. The number of benzene rings is 2. The van der Waals surface area contributed by atoms with Gasteiger partial charge in [-0.1, -0.05) is 35.0 Å². The monoisotopic (exact) mass is 490 g/mol. The van der Waals surface area contributed by atoms with Gasteiger partial charge in [0, 0.05) is 37.8 Å². The molecule has 2 aliphatic heterocycles. The summed E-state index contributed by atoms with van der Waals surface area (Å²) < 4.78 is 22.3. The minimum absolute atomic E-state index is 0.0318. The molecule has 0 N–H and O–H groups in total. The maximum absolute atomic E-state index is 12.8. The molecule has 1 atom stereocenters. The molecule has 3 heterocycles. The van der Waals surface area contributed by atoms with Gasteiger partial charge in [0.25, 0.3) is 0 Å². The quantitative estimate of drug-likeness (QED) is 0.483. The van der Waals surface area contributed by atoms with Crippen LogP contribution in [0.3, 0.4) is 0 Å². The van der Waals surface area contributed by atoms with Crippen molar-refractivity contribution in [1.82, 2.24) is 19.9 Å². The van der Waals surface area contributed by atoms with Gasteiger partial charge in [0.05, 0.1) is 13.2 Å². The molecule has 1 saturated heterocycles. The van der Waals surface area contributed by atoms with E-state index in [2.05, 4.69) is 22.0 Å². The van der Waals surface area contributed by atoms with Crippen molar-refractivity contribution in [2.24, 2.45) is 0 Å². The van der Waals surface area contributed by atoms with Crippen molar-refractivity contribution in [3.63, 3.8) is 0 Å². The average molecular weight is 491 g/mol. The molecular formula is C27H30N4O5. The van der Waals surface area contributed by atoms with Crippen LogP contribution in [0.1, 0.15) is 30.0 Å². The molecule has 2 aliphatic rings. The van der Waals surface area contributed by atoms with Gasteiger partial charge in [0.1, 0.15) is 13.2 Å². The number of hydrogen-bond acceptors (Lipinski definition) is 8. The molecule has 1 unspecified atom stereocenters. The Labute approximate surface area is 210 Å². The maximum atomic E-state index is 12.8. The SMILES string of the molecule is COc1cc(C=CC(=O)N2CCN(C(C)c3nc(-c4ccc(C)cc4)no3)CC2)cc2c1OCCO2. The first-order valence-electron chi connectivity index (χ1n) is 12.1. The molecule has 9 heteroatoms. The normalized spacial score (nSPS) is 16.8. The van der Waals surface area contributed by atoms with E-state index in [1.807, 2.05) is 48.2 Å². The van der Waals surface area contributed by atoms with Gasteiger partial charge < -0.3 is 23.6 Å². The zero-order valence-corrected chi connectivity index (χ0v) is 20.8. The predicted molar refractivity (Wildman–Crippen MR) is 134 cm³/mol. The lowest BCUT2D eigenvalue weighted by molar-refractivity contribution is -0.128. The van der Waals surface area contributed by atoms with Crippen LogP contribution >= 0.6 is 0 Å². The van der Waals surface area contributed by atoms with E-state index in [1.165, 1.54) is 5.56 Å². The molecule has 9 nitrogen and oxygen atoms in total. The van der Waals surface area contributed by atoms with Gasteiger partial charge in [-0.05, 0) is 37.6 Å². The lowest BCUT2D eigenvalue weighted by Crippen LogP contribution is -2.48. The first-order valence-corrected chi connectivity index (χ1v) is 12.1. The van der Waals surface area contributed by atoms with E-state index >= 15 is 0 Å². The molecule has 0 radical (unpaired) electrons. The van der Waals surface area contributed by atoms with Crippen LogP contribution in [0.2, 0.25) is 0 Å². The fraction of sp³-hybridized carbons (Fsp3) is 0.370. The van der Waals surface area contributed by atoms with Gasteiger partial charge in [0.2, 0.25) is 23.4 Å². The summed E-state index contributed by atoms with van der Waals surface area (Å²) in [5.74, 6) is 2.96. The minimum atomic E-state index is -0.0327. The standard InChI is InChI=1S/C27H30N4O5/c1-18-4-7-21(8-5-18)26-28-27(36-29-26)19(2)30-10-12-31(13-11-30)24(32)9-6-20-16-22(33-3)25-23(17-20)34-14-15-35-25/h4-9,16-17,19H,10-15H2,1-3H3. The number of methoxy groups -OCH3 is 1. The third kappa shape index (κ3) is 5.06. The molecule has 0 aliphatic carbocycles. The van der Waals surface area contributed by atoms with Crippen molar-refractivity contribution in [2.75, 3.05) is 46.5 Å². The molecule has 1 aromatic heterocycles. The molecule has 2 aromatic carbocycles. The Bertz CT molecular complexity index is 1230. The number of carbonyl (C=O) groups is 1. The number of hydrogen-bond donors (Lipinski definition) is 0. The molecule has 5 rings (SSSR count). The highest BCUT2D eigenvalue weighted by molar-refractivity contribution is 5.92. The van der Waals surface area contributed by atoms with E-state index in [0.717, 1.165) is 24.2 Å². The van der Waals surface area contributed by atoms with E-state index in [1.54, 1.807) is 19.3 Å². The van der Waals surface area contributed by atoms with Crippen LogP contribution in [0.25, 0.3) is 17.5 Å². The van der Waals surface area contributed by atoms with Crippen molar-refractivity contribution in [3.8, 4) is 28.6 Å². The summed E-state index contributed by atoms with van der Waals surface area (Å²) in [7, 11) is 1.59. The topological polar surface area (TPSA) is 90.2 Å². The number of carbonyl (C=O) groups excluding carboxylic acids is 1. The molecular weight excluding hydrogens is 460 g/mol. The Morgan fingerprint density at radius 1 is 1.08 bits per heavy atom. The summed E-state index contributed by atoms with van der Waals surface area (Å²) in [5, 5.41) is 4.16. The molecule has 0 spiro atoms. The van der Waals surface area contributed by atoms with Crippen LogP contribution in [0.15, 0.2) is 47.0 Å². The summed E-state index contributed by atoms with van der Waals surface area (Å²) in [6, 6.07) is 11.7. The number of amides is 1. The lowest BCUT2D eigenvalue weighted by Gasteiger charge is -2.36. The van der Waals surface area contributed by atoms with Crippen molar-refractivity contribution < 1.29 is 23.5 Å². The summed E-state index contributed by atoms with van der Waals surface area (Å²) in [6.45, 7) is 7.77. The summed E-state index contributed by atoms with van der Waals surface area (Å²) in [6.07, 6.45) is 3.37. The molecule has 1 fully saturated rings. The van der Waals surface area contributed by atoms with Crippen LogP contribution in [-0.4, -0.2) is 72.4 Å². The first kappa shape index (κ1) is 23.9. The van der Waals surface area contributed by atoms with E-state index in [9.17, 15) is 4.79 Å². The largest absolute Gasteiger partial charge is 0.493 e. The van der Waals surface area contributed by atoms with E-state index < -0.39 is 0 Å². The lowest BCUT2D eigenvalue weighted by atomic mass is 10.1.